The molecule has 0 spiro atoms. The topological polar surface area (TPSA) is 83.7 Å². The normalized spacial score (nSPS) is 13.9. The summed E-state index contributed by atoms with van der Waals surface area (Å²) in [7, 11) is 1.62. The van der Waals surface area contributed by atoms with Crippen LogP contribution in [0.4, 0.5) is 16.3 Å². The van der Waals surface area contributed by atoms with Gasteiger partial charge in [0.2, 0.25) is 0 Å². The summed E-state index contributed by atoms with van der Waals surface area (Å²) in [5.41, 5.74) is 2.76. The van der Waals surface area contributed by atoms with Crippen molar-refractivity contribution in [3.63, 3.8) is 0 Å². The van der Waals surface area contributed by atoms with Crippen molar-refractivity contribution in [3.8, 4) is 17.3 Å². The van der Waals surface area contributed by atoms with E-state index in [0.717, 1.165) is 33.7 Å². The zero-order valence-electron chi connectivity index (χ0n) is 18.6. The Morgan fingerprint density at radius 2 is 1.82 bits per heavy atom. The highest BCUT2D eigenvalue weighted by molar-refractivity contribution is 5.92. The number of carbonyl (C=O) groups excluding carboxylic acids is 1. The van der Waals surface area contributed by atoms with Gasteiger partial charge in [-0.2, -0.15) is 0 Å². The van der Waals surface area contributed by atoms with Crippen molar-refractivity contribution < 1.29 is 13.9 Å². The molecule has 1 N–H and O–H groups in total. The van der Waals surface area contributed by atoms with E-state index in [0.29, 0.717) is 37.8 Å². The number of piperazine rings is 1. The molecule has 1 saturated heterocycles. The maximum atomic E-state index is 12.8. The molecule has 0 saturated carbocycles. The minimum Gasteiger partial charge on any atom is -0.497 e. The van der Waals surface area contributed by atoms with Crippen molar-refractivity contribution in [1.82, 2.24) is 14.9 Å². The van der Waals surface area contributed by atoms with Crippen molar-refractivity contribution in [3.05, 3.63) is 66.4 Å². The van der Waals surface area contributed by atoms with Crippen LogP contribution >= 0.6 is 0 Å². The lowest BCUT2D eigenvalue weighted by Crippen LogP contribution is -2.50. The summed E-state index contributed by atoms with van der Waals surface area (Å²) in [6.07, 6.45) is 1.62. The van der Waals surface area contributed by atoms with Gasteiger partial charge in [0, 0.05) is 37.3 Å². The predicted molar refractivity (Wildman–Crippen MR) is 128 cm³/mol. The van der Waals surface area contributed by atoms with Crippen LogP contribution in [-0.4, -0.2) is 54.2 Å². The summed E-state index contributed by atoms with van der Waals surface area (Å²) in [5, 5.41) is 3.96. The predicted octanol–water partition coefficient (Wildman–Crippen LogP) is 4.56. The van der Waals surface area contributed by atoms with Crippen LogP contribution in [0.1, 0.15) is 5.56 Å². The highest BCUT2D eigenvalue weighted by atomic mass is 16.5. The number of urea groups is 1. The molecule has 1 aliphatic rings. The summed E-state index contributed by atoms with van der Waals surface area (Å²) in [5.74, 6) is 2.82. The Kier molecular flexibility index (Phi) is 5.56. The largest absolute Gasteiger partial charge is 0.497 e. The maximum Gasteiger partial charge on any atom is 0.321 e. The molecule has 5 rings (SSSR count). The number of amides is 2. The molecule has 8 nitrogen and oxygen atoms in total. The van der Waals surface area contributed by atoms with E-state index >= 15 is 0 Å². The Hall–Kier alpha value is -4.07. The molecule has 168 valence electrons. The maximum absolute atomic E-state index is 12.8. The molecular formula is C25H25N5O3. The van der Waals surface area contributed by atoms with Crippen LogP contribution in [0.5, 0.6) is 5.75 Å². The van der Waals surface area contributed by atoms with Gasteiger partial charge in [0.15, 0.2) is 11.6 Å². The van der Waals surface area contributed by atoms with Crippen molar-refractivity contribution in [1.29, 1.82) is 0 Å². The number of ether oxygens (including phenoxy) is 1. The number of nitrogens with zero attached hydrogens (tertiary/aromatic N) is 4. The third kappa shape index (κ3) is 4.32. The number of aryl methyl sites for hydroxylation is 1. The number of aromatic nitrogens is 2. The molecule has 0 unspecified atom stereocenters. The zero-order chi connectivity index (χ0) is 22.8. The number of hydrogen-bond acceptors (Lipinski definition) is 6. The number of furan rings is 1. The molecule has 2 amide bonds. The Balaban J connectivity index is 1.34. The Morgan fingerprint density at radius 3 is 2.52 bits per heavy atom. The average molecular weight is 444 g/mol. The lowest BCUT2D eigenvalue weighted by Gasteiger charge is -2.35. The van der Waals surface area contributed by atoms with Crippen molar-refractivity contribution in [2.45, 2.75) is 6.92 Å². The van der Waals surface area contributed by atoms with Crippen molar-refractivity contribution >= 4 is 28.4 Å². The molecule has 0 radical (unpaired) electrons. The summed E-state index contributed by atoms with van der Waals surface area (Å²) in [4.78, 5) is 26.4. The van der Waals surface area contributed by atoms with Crippen LogP contribution in [-0.2, 0) is 0 Å². The van der Waals surface area contributed by atoms with Gasteiger partial charge >= 0.3 is 6.03 Å². The van der Waals surface area contributed by atoms with Gasteiger partial charge < -0.3 is 24.3 Å². The summed E-state index contributed by atoms with van der Waals surface area (Å²) >= 11 is 0. The molecule has 3 heterocycles. The smallest absolute Gasteiger partial charge is 0.321 e. The third-order valence-corrected chi connectivity index (χ3v) is 5.78. The third-order valence-electron chi connectivity index (χ3n) is 5.78. The van der Waals surface area contributed by atoms with E-state index < -0.39 is 0 Å². The van der Waals surface area contributed by atoms with Gasteiger partial charge in [0.25, 0.3) is 0 Å². The van der Waals surface area contributed by atoms with Gasteiger partial charge in [0.05, 0.1) is 18.9 Å². The van der Waals surface area contributed by atoms with E-state index in [1.807, 2.05) is 53.4 Å². The second kappa shape index (κ2) is 8.82. The number of nitrogens with one attached hydrogen (secondary N) is 1. The molecule has 0 bridgehead atoms. The van der Waals surface area contributed by atoms with Crippen LogP contribution in [0.15, 0.2) is 65.3 Å². The number of methoxy groups -OCH3 is 1. The van der Waals surface area contributed by atoms with Gasteiger partial charge in [-0.3, -0.25) is 0 Å². The Morgan fingerprint density at radius 1 is 1.03 bits per heavy atom. The van der Waals surface area contributed by atoms with E-state index in [1.54, 1.807) is 13.4 Å². The summed E-state index contributed by atoms with van der Waals surface area (Å²) < 4.78 is 10.7. The molecule has 0 aliphatic carbocycles. The standard InChI is InChI=1S/C25H25N5O3/c1-17-5-10-21-20(16-17)24(28-23(27-21)22-4-3-15-33-22)29-11-13-30(14-12-29)25(31)26-18-6-8-19(32-2)9-7-18/h3-10,15-16H,11-14H2,1-2H3,(H,26,31). The second-order valence-electron chi connectivity index (χ2n) is 8.00. The monoisotopic (exact) mass is 443 g/mol. The first-order chi connectivity index (χ1) is 16.1. The number of fused-ring (bicyclic) bond motifs is 1. The fraction of sp³-hybridized carbons (Fsp3) is 0.240. The van der Waals surface area contributed by atoms with Gasteiger partial charge in [-0.15, -0.1) is 0 Å². The lowest BCUT2D eigenvalue weighted by atomic mass is 10.1. The van der Waals surface area contributed by atoms with Gasteiger partial charge in [0.1, 0.15) is 11.6 Å². The lowest BCUT2D eigenvalue weighted by molar-refractivity contribution is 0.208. The quantitative estimate of drug-likeness (QED) is 0.498. The number of benzene rings is 2. The van der Waals surface area contributed by atoms with Crippen LogP contribution < -0.4 is 15.0 Å². The SMILES string of the molecule is COc1ccc(NC(=O)N2CCN(c3nc(-c4ccco4)nc4ccc(C)cc34)CC2)cc1. The fourth-order valence-electron chi connectivity index (χ4n) is 3.98. The molecule has 0 atom stereocenters. The minimum atomic E-state index is -0.112. The van der Waals surface area contributed by atoms with E-state index in [9.17, 15) is 4.79 Å². The van der Waals surface area contributed by atoms with Gasteiger partial charge in [-0.25, -0.2) is 14.8 Å². The average Bonchev–Trinajstić information content (AvgIpc) is 3.39. The highest BCUT2D eigenvalue weighted by Gasteiger charge is 2.24. The highest BCUT2D eigenvalue weighted by Crippen LogP contribution is 2.29. The van der Waals surface area contributed by atoms with Crippen LogP contribution in [0, 0.1) is 6.92 Å². The summed E-state index contributed by atoms with van der Waals surface area (Å²) in [6, 6.07) is 17.1. The van der Waals surface area contributed by atoms with E-state index in [1.165, 1.54) is 0 Å². The minimum absolute atomic E-state index is 0.112. The molecule has 1 aliphatic heterocycles. The first-order valence-electron chi connectivity index (χ1n) is 10.9. The van der Waals surface area contributed by atoms with Crippen LogP contribution in [0.3, 0.4) is 0 Å². The fourth-order valence-corrected chi connectivity index (χ4v) is 3.98. The van der Waals surface area contributed by atoms with Crippen molar-refractivity contribution in [2.24, 2.45) is 0 Å². The summed E-state index contributed by atoms with van der Waals surface area (Å²) in [6.45, 7) is 4.59. The van der Waals surface area contributed by atoms with E-state index in [4.69, 9.17) is 19.1 Å². The molecular weight excluding hydrogens is 418 g/mol. The van der Waals surface area contributed by atoms with E-state index in [2.05, 4.69) is 23.2 Å². The molecule has 1 fully saturated rings. The van der Waals surface area contributed by atoms with Gasteiger partial charge in [-0.05, 0) is 55.5 Å². The van der Waals surface area contributed by atoms with Crippen molar-refractivity contribution in [2.75, 3.05) is 43.5 Å². The number of hydrogen-bond donors (Lipinski definition) is 1. The number of carbonyl (C=O) groups is 1. The Labute approximate surface area is 191 Å². The zero-order valence-corrected chi connectivity index (χ0v) is 18.6. The molecule has 33 heavy (non-hydrogen) atoms. The molecule has 4 aromatic rings. The molecule has 2 aromatic carbocycles. The first-order valence-corrected chi connectivity index (χ1v) is 10.9. The second-order valence-corrected chi connectivity index (χ2v) is 8.00. The first kappa shape index (κ1) is 20.8. The van der Waals surface area contributed by atoms with E-state index in [-0.39, 0.29) is 6.03 Å². The molecule has 2 aromatic heterocycles. The van der Waals surface area contributed by atoms with Crippen LogP contribution in [0.25, 0.3) is 22.5 Å². The Bertz CT molecular complexity index is 1260. The number of rotatable bonds is 4. The number of anilines is 2. The molecule has 8 heteroatoms. The van der Waals surface area contributed by atoms with Gasteiger partial charge in [-0.1, -0.05) is 11.6 Å². The van der Waals surface area contributed by atoms with Crippen LogP contribution in [0.2, 0.25) is 0 Å².